The molecule has 1 aromatic carbocycles. The molecule has 0 amide bonds. The molecular weight excluding hydrogens is 203 g/mol. The van der Waals surface area contributed by atoms with E-state index < -0.39 is 5.60 Å². The molecular formula is C11H12ClFO. The van der Waals surface area contributed by atoms with Gasteiger partial charge in [0.2, 0.25) is 0 Å². The lowest BCUT2D eigenvalue weighted by Gasteiger charge is -2.24. The summed E-state index contributed by atoms with van der Waals surface area (Å²) in [5.41, 5.74) is -0.485. The van der Waals surface area contributed by atoms with E-state index >= 15 is 0 Å². The van der Waals surface area contributed by atoms with Crippen LogP contribution in [0, 0.1) is 11.7 Å². The van der Waals surface area contributed by atoms with Gasteiger partial charge in [-0.2, -0.15) is 0 Å². The predicted molar refractivity (Wildman–Crippen MR) is 53.7 cm³/mol. The third-order valence-electron chi connectivity index (χ3n) is 2.85. The van der Waals surface area contributed by atoms with Gasteiger partial charge in [-0.3, -0.25) is 0 Å². The van der Waals surface area contributed by atoms with E-state index in [1.807, 2.05) is 0 Å². The third kappa shape index (κ3) is 1.64. The molecule has 0 radical (unpaired) electrons. The first-order chi connectivity index (χ1) is 6.51. The molecule has 1 nitrogen and oxygen atoms in total. The van der Waals surface area contributed by atoms with Crippen LogP contribution in [0.25, 0.3) is 0 Å². The van der Waals surface area contributed by atoms with Crippen LogP contribution in [-0.2, 0) is 5.60 Å². The number of halogens is 2. The minimum Gasteiger partial charge on any atom is -0.385 e. The molecule has 0 spiro atoms. The quantitative estimate of drug-likeness (QED) is 0.802. The smallest absolute Gasteiger partial charge is 0.123 e. The normalized spacial score (nSPS) is 20.6. The second-order valence-electron chi connectivity index (χ2n) is 4.05. The summed E-state index contributed by atoms with van der Waals surface area (Å²) >= 11 is 5.93. The summed E-state index contributed by atoms with van der Waals surface area (Å²) in [5, 5.41) is 10.6. The molecule has 1 N–H and O–H groups in total. The molecule has 1 aliphatic rings. The Labute approximate surface area is 87.5 Å². The standard InChI is InChI=1S/C11H12ClFO/c1-11(14,7-2-3-7)9-6-8(13)4-5-10(9)12/h4-7,14H,2-3H2,1H3. The SMILES string of the molecule is CC(O)(c1cc(F)ccc1Cl)C1CC1. The van der Waals surface area contributed by atoms with E-state index in [0.717, 1.165) is 12.8 Å². The van der Waals surface area contributed by atoms with Gasteiger partial charge in [0.25, 0.3) is 0 Å². The van der Waals surface area contributed by atoms with Crippen LogP contribution in [0.3, 0.4) is 0 Å². The molecule has 1 aliphatic carbocycles. The number of aliphatic hydroxyl groups is 1. The van der Waals surface area contributed by atoms with Gasteiger partial charge in [-0.05, 0) is 43.9 Å². The largest absolute Gasteiger partial charge is 0.385 e. The summed E-state index contributed by atoms with van der Waals surface area (Å²) < 4.78 is 13.0. The van der Waals surface area contributed by atoms with Crippen LogP contribution < -0.4 is 0 Å². The summed E-state index contributed by atoms with van der Waals surface area (Å²) in [6.07, 6.45) is 1.97. The molecule has 1 saturated carbocycles. The number of hydrogen-bond acceptors (Lipinski definition) is 1. The minimum atomic E-state index is -0.987. The molecule has 0 aromatic heterocycles. The van der Waals surface area contributed by atoms with Gasteiger partial charge in [-0.15, -0.1) is 0 Å². The van der Waals surface area contributed by atoms with Crippen molar-refractivity contribution in [2.24, 2.45) is 5.92 Å². The second-order valence-corrected chi connectivity index (χ2v) is 4.45. The molecule has 76 valence electrons. The Morgan fingerprint density at radius 3 is 2.71 bits per heavy atom. The van der Waals surface area contributed by atoms with Gasteiger partial charge in [0.1, 0.15) is 5.82 Å². The zero-order valence-electron chi connectivity index (χ0n) is 7.93. The highest BCUT2D eigenvalue weighted by Crippen LogP contribution is 2.47. The van der Waals surface area contributed by atoms with Gasteiger partial charge in [-0.1, -0.05) is 11.6 Å². The van der Waals surface area contributed by atoms with E-state index in [4.69, 9.17) is 11.6 Å². The van der Waals surface area contributed by atoms with Crippen LogP contribution in [0.1, 0.15) is 25.3 Å². The maximum Gasteiger partial charge on any atom is 0.123 e. The zero-order chi connectivity index (χ0) is 10.3. The Balaban J connectivity index is 2.43. The molecule has 0 aliphatic heterocycles. The highest BCUT2D eigenvalue weighted by Gasteiger charge is 2.42. The van der Waals surface area contributed by atoms with Crippen molar-refractivity contribution in [3.63, 3.8) is 0 Å². The molecule has 1 fully saturated rings. The van der Waals surface area contributed by atoms with Gasteiger partial charge >= 0.3 is 0 Å². The molecule has 1 atom stereocenters. The van der Waals surface area contributed by atoms with E-state index in [1.165, 1.54) is 18.2 Å². The third-order valence-corrected chi connectivity index (χ3v) is 3.18. The van der Waals surface area contributed by atoms with Crippen molar-refractivity contribution in [1.29, 1.82) is 0 Å². The first kappa shape index (κ1) is 9.94. The van der Waals surface area contributed by atoms with Crippen molar-refractivity contribution in [2.45, 2.75) is 25.4 Å². The van der Waals surface area contributed by atoms with E-state index in [-0.39, 0.29) is 11.7 Å². The Hall–Kier alpha value is -0.600. The second kappa shape index (κ2) is 3.21. The number of benzene rings is 1. The first-order valence-electron chi connectivity index (χ1n) is 4.69. The van der Waals surface area contributed by atoms with Crippen molar-refractivity contribution < 1.29 is 9.50 Å². The Morgan fingerprint density at radius 1 is 1.50 bits per heavy atom. The first-order valence-corrected chi connectivity index (χ1v) is 5.07. The highest BCUT2D eigenvalue weighted by molar-refractivity contribution is 6.31. The summed E-state index contributed by atoms with van der Waals surface area (Å²) in [6, 6.07) is 4.11. The fourth-order valence-corrected chi connectivity index (χ4v) is 2.06. The van der Waals surface area contributed by atoms with Gasteiger partial charge in [0.05, 0.1) is 5.60 Å². The maximum absolute atomic E-state index is 13.0. The average molecular weight is 215 g/mol. The molecule has 1 unspecified atom stereocenters. The Morgan fingerprint density at radius 2 is 2.14 bits per heavy atom. The highest BCUT2D eigenvalue weighted by atomic mass is 35.5. The van der Waals surface area contributed by atoms with Gasteiger partial charge < -0.3 is 5.11 Å². The van der Waals surface area contributed by atoms with Crippen molar-refractivity contribution in [2.75, 3.05) is 0 Å². The zero-order valence-corrected chi connectivity index (χ0v) is 8.68. The predicted octanol–water partition coefficient (Wildman–Crippen LogP) is 3.10. The molecule has 1 aromatic rings. The van der Waals surface area contributed by atoms with Crippen molar-refractivity contribution in [3.8, 4) is 0 Å². The van der Waals surface area contributed by atoms with E-state index in [2.05, 4.69) is 0 Å². The summed E-state index contributed by atoms with van der Waals surface area (Å²) in [4.78, 5) is 0. The average Bonchev–Trinajstić information content (AvgIpc) is 2.91. The van der Waals surface area contributed by atoms with Gasteiger partial charge in [-0.25, -0.2) is 4.39 Å². The summed E-state index contributed by atoms with van der Waals surface area (Å²) in [7, 11) is 0. The van der Waals surface area contributed by atoms with Crippen molar-refractivity contribution in [3.05, 3.63) is 34.6 Å². The minimum absolute atomic E-state index is 0.224. The van der Waals surface area contributed by atoms with Crippen LogP contribution in [-0.4, -0.2) is 5.11 Å². The fourth-order valence-electron chi connectivity index (χ4n) is 1.75. The molecule has 14 heavy (non-hydrogen) atoms. The van der Waals surface area contributed by atoms with Crippen LogP contribution in [0.5, 0.6) is 0 Å². The van der Waals surface area contributed by atoms with E-state index in [0.29, 0.717) is 10.6 Å². The van der Waals surface area contributed by atoms with Gasteiger partial charge in [0, 0.05) is 10.6 Å². The van der Waals surface area contributed by atoms with E-state index in [9.17, 15) is 9.50 Å². The fraction of sp³-hybridized carbons (Fsp3) is 0.455. The van der Waals surface area contributed by atoms with Crippen LogP contribution in [0.2, 0.25) is 5.02 Å². The van der Waals surface area contributed by atoms with Crippen molar-refractivity contribution >= 4 is 11.6 Å². The lowest BCUT2D eigenvalue weighted by molar-refractivity contribution is 0.0329. The lowest BCUT2D eigenvalue weighted by Crippen LogP contribution is -2.24. The molecule has 0 heterocycles. The molecule has 3 heteroatoms. The van der Waals surface area contributed by atoms with Crippen molar-refractivity contribution in [1.82, 2.24) is 0 Å². The monoisotopic (exact) mass is 214 g/mol. The number of hydrogen-bond donors (Lipinski definition) is 1. The lowest BCUT2D eigenvalue weighted by atomic mass is 9.91. The van der Waals surface area contributed by atoms with Crippen LogP contribution in [0.4, 0.5) is 4.39 Å². The van der Waals surface area contributed by atoms with Crippen LogP contribution >= 0.6 is 11.6 Å². The molecule has 0 saturated heterocycles. The maximum atomic E-state index is 13.0. The number of rotatable bonds is 2. The Kier molecular flexibility index (Phi) is 2.28. The molecule has 2 rings (SSSR count). The van der Waals surface area contributed by atoms with E-state index in [1.54, 1.807) is 6.92 Å². The summed E-state index contributed by atoms with van der Waals surface area (Å²) in [6.45, 7) is 1.70. The summed E-state index contributed by atoms with van der Waals surface area (Å²) in [5.74, 6) is -0.132. The van der Waals surface area contributed by atoms with Gasteiger partial charge in [0.15, 0.2) is 0 Å². The molecule has 0 bridgehead atoms. The topological polar surface area (TPSA) is 20.2 Å². The Bertz CT molecular complexity index is 358. The van der Waals surface area contributed by atoms with Crippen LogP contribution in [0.15, 0.2) is 18.2 Å².